The van der Waals surface area contributed by atoms with E-state index in [1.807, 2.05) is 24.0 Å². The Labute approximate surface area is 89.9 Å². The second-order valence-electron chi connectivity index (χ2n) is 3.90. The maximum atomic E-state index is 11.6. The van der Waals surface area contributed by atoms with Gasteiger partial charge in [0.2, 0.25) is 5.91 Å². The molecule has 15 heavy (non-hydrogen) atoms. The van der Waals surface area contributed by atoms with Crippen molar-refractivity contribution < 1.29 is 4.79 Å². The number of hydrogen-bond acceptors (Lipinski definition) is 2. The van der Waals surface area contributed by atoms with Crippen molar-refractivity contribution in [2.45, 2.75) is 26.3 Å². The topological polar surface area (TPSA) is 46.3 Å². The number of amides is 1. The molecule has 0 atom stereocenters. The van der Waals surface area contributed by atoms with E-state index in [2.05, 4.69) is 6.07 Å². The molecule has 0 aromatic heterocycles. The molecule has 0 unspecified atom stereocenters. The van der Waals surface area contributed by atoms with Crippen LogP contribution in [0.1, 0.15) is 24.5 Å². The van der Waals surface area contributed by atoms with Crippen LogP contribution in [0, 0.1) is 0 Å². The first-order valence-corrected chi connectivity index (χ1v) is 5.36. The number of nitrogens with two attached hydrogens (primary N) is 1. The molecule has 2 N–H and O–H groups in total. The number of fused-ring (bicyclic) bond motifs is 1. The molecule has 2 rings (SSSR count). The van der Waals surface area contributed by atoms with Gasteiger partial charge < -0.3 is 10.6 Å². The highest BCUT2D eigenvalue weighted by Gasteiger charge is 2.20. The Kier molecular flexibility index (Phi) is 2.62. The smallest absolute Gasteiger partial charge is 0.222 e. The molecule has 0 saturated carbocycles. The van der Waals surface area contributed by atoms with E-state index in [1.54, 1.807) is 0 Å². The molecule has 1 heterocycles. The van der Waals surface area contributed by atoms with Crippen molar-refractivity contribution in [3.63, 3.8) is 0 Å². The molecule has 1 aliphatic rings. The zero-order valence-corrected chi connectivity index (χ0v) is 8.99. The van der Waals surface area contributed by atoms with Crippen LogP contribution in [0.2, 0.25) is 0 Å². The van der Waals surface area contributed by atoms with Gasteiger partial charge in [0, 0.05) is 25.2 Å². The molecule has 0 spiro atoms. The maximum Gasteiger partial charge on any atom is 0.222 e. The molecule has 1 aliphatic heterocycles. The lowest BCUT2D eigenvalue weighted by Gasteiger charge is -2.29. The largest absolute Gasteiger partial charge is 0.398 e. The van der Waals surface area contributed by atoms with Crippen molar-refractivity contribution in [3.8, 4) is 0 Å². The van der Waals surface area contributed by atoms with Gasteiger partial charge in [-0.25, -0.2) is 0 Å². The second-order valence-corrected chi connectivity index (χ2v) is 3.90. The third kappa shape index (κ3) is 1.82. The van der Waals surface area contributed by atoms with Gasteiger partial charge in [0.25, 0.3) is 0 Å². The molecular formula is C12H16N2O. The van der Waals surface area contributed by atoms with Crippen molar-refractivity contribution in [2.75, 3.05) is 12.3 Å². The lowest BCUT2D eigenvalue weighted by atomic mass is 9.98. The zero-order chi connectivity index (χ0) is 10.8. The fraction of sp³-hybridized carbons (Fsp3) is 0.417. The summed E-state index contributed by atoms with van der Waals surface area (Å²) in [7, 11) is 0. The Morgan fingerprint density at radius 2 is 2.33 bits per heavy atom. The molecule has 0 saturated heterocycles. The first-order valence-electron chi connectivity index (χ1n) is 5.36. The van der Waals surface area contributed by atoms with E-state index >= 15 is 0 Å². The first-order chi connectivity index (χ1) is 7.22. The molecule has 0 radical (unpaired) electrons. The van der Waals surface area contributed by atoms with Gasteiger partial charge in [-0.3, -0.25) is 4.79 Å². The predicted molar refractivity (Wildman–Crippen MR) is 60.3 cm³/mol. The third-order valence-corrected chi connectivity index (χ3v) is 2.96. The molecule has 0 aliphatic carbocycles. The van der Waals surface area contributed by atoms with Crippen molar-refractivity contribution in [2.24, 2.45) is 0 Å². The average molecular weight is 204 g/mol. The summed E-state index contributed by atoms with van der Waals surface area (Å²) in [6, 6.07) is 5.98. The van der Waals surface area contributed by atoms with Gasteiger partial charge >= 0.3 is 0 Å². The Hall–Kier alpha value is -1.51. The highest BCUT2D eigenvalue weighted by Crippen LogP contribution is 2.24. The van der Waals surface area contributed by atoms with Crippen molar-refractivity contribution in [1.82, 2.24) is 4.90 Å². The lowest BCUT2D eigenvalue weighted by Crippen LogP contribution is -2.35. The summed E-state index contributed by atoms with van der Waals surface area (Å²) >= 11 is 0. The Balaban J connectivity index is 2.26. The van der Waals surface area contributed by atoms with Crippen LogP contribution >= 0.6 is 0 Å². The predicted octanol–water partition coefficient (Wildman–Crippen LogP) is 1.56. The fourth-order valence-electron chi connectivity index (χ4n) is 2.04. The molecule has 1 aromatic rings. The van der Waals surface area contributed by atoms with Crippen LogP contribution in [0.25, 0.3) is 0 Å². The Morgan fingerprint density at radius 1 is 1.53 bits per heavy atom. The van der Waals surface area contributed by atoms with Crippen LogP contribution in [-0.2, 0) is 17.8 Å². The number of nitrogens with zero attached hydrogens (tertiary/aromatic N) is 1. The summed E-state index contributed by atoms with van der Waals surface area (Å²) in [5.41, 5.74) is 9.13. The first kappa shape index (κ1) is 10.0. The van der Waals surface area contributed by atoms with Crippen LogP contribution in [-0.4, -0.2) is 17.4 Å². The van der Waals surface area contributed by atoms with E-state index in [9.17, 15) is 4.79 Å². The normalized spacial score (nSPS) is 14.9. The van der Waals surface area contributed by atoms with E-state index in [0.29, 0.717) is 13.0 Å². The van der Waals surface area contributed by atoms with Gasteiger partial charge in [-0.1, -0.05) is 19.1 Å². The Morgan fingerprint density at radius 3 is 3.07 bits per heavy atom. The standard InChI is InChI=1S/C12H16N2O/c1-2-12(15)14-7-6-9-4-3-5-11(13)10(9)8-14/h3-5H,2,6-8,13H2,1H3. The lowest BCUT2D eigenvalue weighted by molar-refractivity contribution is -0.131. The highest BCUT2D eigenvalue weighted by atomic mass is 16.2. The summed E-state index contributed by atoms with van der Waals surface area (Å²) in [5.74, 6) is 0.212. The van der Waals surface area contributed by atoms with Gasteiger partial charge in [-0.05, 0) is 23.6 Å². The number of rotatable bonds is 1. The maximum absolute atomic E-state index is 11.6. The molecule has 80 valence electrons. The van der Waals surface area contributed by atoms with Crippen molar-refractivity contribution in [1.29, 1.82) is 0 Å². The molecule has 3 nitrogen and oxygen atoms in total. The zero-order valence-electron chi connectivity index (χ0n) is 8.99. The van der Waals surface area contributed by atoms with Crippen LogP contribution in [0.15, 0.2) is 18.2 Å². The van der Waals surface area contributed by atoms with E-state index < -0.39 is 0 Å². The summed E-state index contributed by atoms with van der Waals surface area (Å²) in [5, 5.41) is 0. The monoisotopic (exact) mass is 204 g/mol. The van der Waals surface area contributed by atoms with E-state index in [1.165, 1.54) is 5.56 Å². The van der Waals surface area contributed by atoms with Crippen LogP contribution < -0.4 is 5.73 Å². The minimum atomic E-state index is 0.212. The van der Waals surface area contributed by atoms with Gasteiger partial charge in [0.1, 0.15) is 0 Å². The minimum absolute atomic E-state index is 0.212. The molecule has 1 aromatic carbocycles. The van der Waals surface area contributed by atoms with Crippen molar-refractivity contribution in [3.05, 3.63) is 29.3 Å². The van der Waals surface area contributed by atoms with Crippen LogP contribution in [0.4, 0.5) is 5.69 Å². The molecule has 0 fully saturated rings. The quantitative estimate of drug-likeness (QED) is 0.706. The molecule has 0 bridgehead atoms. The number of hydrogen-bond donors (Lipinski definition) is 1. The van der Waals surface area contributed by atoms with Crippen LogP contribution in [0.3, 0.4) is 0 Å². The van der Waals surface area contributed by atoms with Crippen molar-refractivity contribution >= 4 is 11.6 Å². The highest BCUT2D eigenvalue weighted by molar-refractivity contribution is 5.76. The van der Waals surface area contributed by atoms with Gasteiger partial charge in [-0.15, -0.1) is 0 Å². The summed E-state index contributed by atoms with van der Waals surface area (Å²) in [4.78, 5) is 13.5. The summed E-state index contributed by atoms with van der Waals surface area (Å²) < 4.78 is 0. The van der Waals surface area contributed by atoms with Gasteiger partial charge in [0.15, 0.2) is 0 Å². The molecule has 3 heteroatoms. The van der Waals surface area contributed by atoms with E-state index in [0.717, 1.165) is 24.2 Å². The molecule has 1 amide bonds. The number of carbonyl (C=O) groups excluding carboxylic acids is 1. The number of nitrogen functional groups attached to an aromatic ring is 1. The SMILES string of the molecule is CCC(=O)N1CCc2cccc(N)c2C1. The number of carbonyl (C=O) groups is 1. The second kappa shape index (κ2) is 3.93. The summed E-state index contributed by atoms with van der Waals surface area (Å²) in [6.07, 6.45) is 1.49. The van der Waals surface area contributed by atoms with Gasteiger partial charge in [0.05, 0.1) is 0 Å². The number of anilines is 1. The summed E-state index contributed by atoms with van der Waals surface area (Å²) in [6.45, 7) is 3.39. The number of benzene rings is 1. The van der Waals surface area contributed by atoms with E-state index in [-0.39, 0.29) is 5.91 Å². The minimum Gasteiger partial charge on any atom is -0.398 e. The average Bonchev–Trinajstić information content (AvgIpc) is 2.28. The van der Waals surface area contributed by atoms with Gasteiger partial charge in [-0.2, -0.15) is 0 Å². The van der Waals surface area contributed by atoms with E-state index in [4.69, 9.17) is 5.73 Å². The molecular weight excluding hydrogens is 188 g/mol. The Bertz CT molecular complexity index is 387. The third-order valence-electron chi connectivity index (χ3n) is 2.96. The van der Waals surface area contributed by atoms with Crippen LogP contribution in [0.5, 0.6) is 0 Å². The fourth-order valence-corrected chi connectivity index (χ4v) is 2.04.